The first-order valence-corrected chi connectivity index (χ1v) is 9.62. The lowest BCUT2D eigenvalue weighted by Crippen LogP contribution is -2.35. The van der Waals surface area contributed by atoms with Gasteiger partial charge in [0, 0.05) is 30.4 Å². The fourth-order valence-corrected chi connectivity index (χ4v) is 4.64. The third-order valence-electron chi connectivity index (χ3n) is 6.05. The minimum atomic E-state index is 0. The highest BCUT2D eigenvalue weighted by Gasteiger charge is 2.41. The molecule has 3 aromatic carbocycles. The summed E-state index contributed by atoms with van der Waals surface area (Å²) in [5, 5.41) is 0. The third kappa shape index (κ3) is 2.92. The van der Waals surface area contributed by atoms with Gasteiger partial charge in [-0.15, -0.1) is 17.0 Å². The summed E-state index contributed by atoms with van der Waals surface area (Å²) in [4.78, 5) is 5.19. The number of fused-ring (bicyclic) bond motifs is 6. The Hall–Kier alpha value is -2.30. The molecule has 1 saturated heterocycles. The van der Waals surface area contributed by atoms with E-state index in [4.69, 9.17) is 4.74 Å². The first-order chi connectivity index (χ1) is 13.3. The third-order valence-corrected chi connectivity index (χ3v) is 6.05. The van der Waals surface area contributed by atoms with Crippen molar-refractivity contribution in [3.05, 3.63) is 83.9 Å². The van der Waals surface area contributed by atoms with Crippen molar-refractivity contribution in [2.75, 3.05) is 25.1 Å². The SMILES string of the molecule is Br.COc1ccc(C(C)N2CCN3c4ccccc4-c4ccccc4C32)cc1. The number of anilines is 1. The van der Waals surface area contributed by atoms with E-state index in [1.165, 1.54) is 27.9 Å². The van der Waals surface area contributed by atoms with Crippen LogP contribution < -0.4 is 9.64 Å². The van der Waals surface area contributed by atoms with Crippen molar-refractivity contribution < 1.29 is 4.74 Å². The molecule has 144 valence electrons. The second kappa shape index (κ2) is 7.61. The number of benzene rings is 3. The van der Waals surface area contributed by atoms with Crippen LogP contribution in [0.4, 0.5) is 5.69 Å². The van der Waals surface area contributed by atoms with Gasteiger partial charge in [0.1, 0.15) is 11.9 Å². The summed E-state index contributed by atoms with van der Waals surface area (Å²) in [6, 6.07) is 26.5. The summed E-state index contributed by atoms with van der Waals surface area (Å²) in [5.74, 6) is 0.908. The van der Waals surface area contributed by atoms with Gasteiger partial charge in [-0.25, -0.2) is 0 Å². The van der Waals surface area contributed by atoms with Crippen molar-refractivity contribution >= 4 is 22.7 Å². The summed E-state index contributed by atoms with van der Waals surface area (Å²) in [6.45, 7) is 4.42. The Kier molecular flexibility index (Phi) is 5.17. The Morgan fingerprint density at radius 3 is 2.29 bits per heavy atom. The average Bonchev–Trinajstić information content (AvgIpc) is 3.19. The largest absolute Gasteiger partial charge is 0.497 e. The van der Waals surface area contributed by atoms with Crippen molar-refractivity contribution in [3.63, 3.8) is 0 Å². The Bertz CT molecular complexity index is 972. The maximum absolute atomic E-state index is 5.32. The maximum Gasteiger partial charge on any atom is 0.118 e. The number of para-hydroxylation sites is 1. The van der Waals surface area contributed by atoms with E-state index in [2.05, 4.69) is 89.5 Å². The zero-order valence-electron chi connectivity index (χ0n) is 16.2. The number of ether oxygens (including phenoxy) is 1. The summed E-state index contributed by atoms with van der Waals surface area (Å²) < 4.78 is 5.32. The molecule has 1 fully saturated rings. The van der Waals surface area contributed by atoms with Crippen LogP contribution in [0.1, 0.15) is 30.3 Å². The zero-order valence-corrected chi connectivity index (χ0v) is 17.9. The molecule has 2 unspecified atom stereocenters. The fraction of sp³-hybridized carbons (Fsp3) is 0.250. The standard InChI is InChI=1S/C24H24N2O.BrH/c1-17(18-11-13-19(27-2)14-12-18)25-15-16-26-23-10-6-5-8-21(23)20-7-3-4-9-22(20)24(25)26;/h3-14,17,24H,15-16H2,1-2H3;1H. The summed E-state index contributed by atoms with van der Waals surface area (Å²) >= 11 is 0. The molecule has 2 heterocycles. The minimum Gasteiger partial charge on any atom is -0.497 e. The number of nitrogens with zero attached hydrogens (tertiary/aromatic N) is 2. The molecule has 0 aliphatic carbocycles. The number of rotatable bonds is 3. The van der Waals surface area contributed by atoms with E-state index in [9.17, 15) is 0 Å². The van der Waals surface area contributed by atoms with E-state index in [1.54, 1.807) is 7.11 Å². The Balaban J connectivity index is 0.00000192. The molecule has 0 spiro atoms. The van der Waals surface area contributed by atoms with Gasteiger partial charge in [-0.1, -0.05) is 54.6 Å². The van der Waals surface area contributed by atoms with Gasteiger partial charge < -0.3 is 9.64 Å². The summed E-state index contributed by atoms with van der Waals surface area (Å²) in [7, 11) is 1.72. The van der Waals surface area contributed by atoms with Crippen LogP contribution in [0.3, 0.4) is 0 Å². The van der Waals surface area contributed by atoms with Gasteiger partial charge in [0.2, 0.25) is 0 Å². The van der Waals surface area contributed by atoms with Gasteiger partial charge in [0.25, 0.3) is 0 Å². The summed E-state index contributed by atoms with van der Waals surface area (Å²) in [6.07, 6.45) is 0.285. The molecule has 0 amide bonds. The molecule has 4 heteroatoms. The maximum atomic E-state index is 5.32. The zero-order chi connectivity index (χ0) is 18.4. The summed E-state index contributed by atoms with van der Waals surface area (Å²) in [5.41, 5.74) is 6.81. The van der Waals surface area contributed by atoms with Crippen LogP contribution in [0.15, 0.2) is 72.8 Å². The smallest absolute Gasteiger partial charge is 0.118 e. The van der Waals surface area contributed by atoms with Gasteiger partial charge in [-0.05, 0) is 41.8 Å². The number of halogens is 1. The Morgan fingerprint density at radius 2 is 1.54 bits per heavy atom. The molecule has 0 saturated carbocycles. The molecule has 5 rings (SSSR count). The molecule has 28 heavy (non-hydrogen) atoms. The van der Waals surface area contributed by atoms with E-state index in [1.807, 2.05) is 0 Å². The average molecular weight is 437 g/mol. The molecular formula is C24H25BrN2O. The Morgan fingerprint density at radius 1 is 0.857 bits per heavy atom. The fourth-order valence-electron chi connectivity index (χ4n) is 4.64. The van der Waals surface area contributed by atoms with E-state index in [0.29, 0.717) is 6.04 Å². The van der Waals surface area contributed by atoms with Gasteiger partial charge in [0.05, 0.1) is 7.11 Å². The molecule has 3 aromatic rings. The minimum absolute atomic E-state index is 0. The van der Waals surface area contributed by atoms with Crippen molar-refractivity contribution in [3.8, 4) is 16.9 Å². The van der Waals surface area contributed by atoms with Crippen LogP contribution in [0.5, 0.6) is 5.75 Å². The van der Waals surface area contributed by atoms with Gasteiger partial charge in [-0.2, -0.15) is 0 Å². The molecule has 0 bridgehead atoms. The predicted octanol–water partition coefficient (Wildman–Crippen LogP) is 5.84. The molecular weight excluding hydrogens is 412 g/mol. The monoisotopic (exact) mass is 436 g/mol. The topological polar surface area (TPSA) is 15.7 Å². The highest BCUT2D eigenvalue weighted by atomic mass is 79.9. The molecule has 3 nitrogen and oxygen atoms in total. The lowest BCUT2D eigenvalue weighted by Gasteiger charge is -2.40. The van der Waals surface area contributed by atoms with Crippen molar-refractivity contribution in [2.24, 2.45) is 0 Å². The van der Waals surface area contributed by atoms with Crippen LogP contribution in [0, 0.1) is 0 Å². The van der Waals surface area contributed by atoms with Gasteiger partial charge in [-0.3, -0.25) is 4.90 Å². The first kappa shape index (κ1) is 19.0. The van der Waals surface area contributed by atoms with Crippen LogP contribution in [0.2, 0.25) is 0 Å². The van der Waals surface area contributed by atoms with E-state index >= 15 is 0 Å². The van der Waals surface area contributed by atoms with Crippen LogP contribution in [0.25, 0.3) is 11.1 Å². The number of hydrogen-bond donors (Lipinski definition) is 0. The lowest BCUT2D eigenvalue weighted by atomic mass is 9.91. The van der Waals surface area contributed by atoms with Crippen molar-refractivity contribution in [1.82, 2.24) is 4.90 Å². The quantitative estimate of drug-likeness (QED) is 0.513. The van der Waals surface area contributed by atoms with E-state index < -0.39 is 0 Å². The van der Waals surface area contributed by atoms with Crippen molar-refractivity contribution in [1.29, 1.82) is 0 Å². The highest BCUT2D eigenvalue weighted by Crippen LogP contribution is 2.49. The molecule has 2 aliphatic rings. The highest BCUT2D eigenvalue weighted by molar-refractivity contribution is 8.93. The van der Waals surface area contributed by atoms with Crippen LogP contribution in [-0.2, 0) is 0 Å². The van der Waals surface area contributed by atoms with Crippen LogP contribution >= 0.6 is 17.0 Å². The Labute approximate surface area is 177 Å². The van der Waals surface area contributed by atoms with Gasteiger partial charge in [0.15, 0.2) is 0 Å². The van der Waals surface area contributed by atoms with Gasteiger partial charge >= 0.3 is 0 Å². The predicted molar refractivity (Wildman–Crippen MR) is 120 cm³/mol. The van der Waals surface area contributed by atoms with E-state index in [0.717, 1.165) is 18.8 Å². The number of hydrogen-bond acceptors (Lipinski definition) is 3. The van der Waals surface area contributed by atoms with Crippen LogP contribution in [-0.4, -0.2) is 25.1 Å². The second-order valence-corrected chi connectivity index (χ2v) is 7.36. The molecule has 2 atom stereocenters. The normalized spacial score (nSPS) is 18.5. The first-order valence-electron chi connectivity index (χ1n) is 9.62. The molecule has 0 N–H and O–H groups in total. The van der Waals surface area contributed by atoms with Crippen molar-refractivity contribution in [2.45, 2.75) is 19.1 Å². The molecule has 2 aliphatic heterocycles. The number of methoxy groups -OCH3 is 1. The second-order valence-electron chi connectivity index (χ2n) is 7.36. The van der Waals surface area contributed by atoms with E-state index in [-0.39, 0.29) is 23.1 Å². The molecule has 0 aromatic heterocycles. The molecule has 0 radical (unpaired) electrons. The lowest BCUT2D eigenvalue weighted by molar-refractivity contribution is 0.195.